The highest BCUT2D eigenvalue weighted by molar-refractivity contribution is 7.99. The van der Waals surface area contributed by atoms with E-state index in [-0.39, 0.29) is 5.69 Å². The summed E-state index contributed by atoms with van der Waals surface area (Å²) < 4.78 is 52.8. The summed E-state index contributed by atoms with van der Waals surface area (Å²) >= 11 is 1.64. The largest absolute Gasteiger partial charge is 0.399 e. The Balaban J connectivity index is 2.44. The molecule has 19 heavy (non-hydrogen) atoms. The quantitative estimate of drug-likeness (QED) is 0.844. The van der Waals surface area contributed by atoms with Gasteiger partial charge in [0.25, 0.3) is 0 Å². The van der Waals surface area contributed by atoms with Gasteiger partial charge in [0.1, 0.15) is 4.90 Å². The van der Waals surface area contributed by atoms with E-state index in [4.69, 9.17) is 5.73 Å². The van der Waals surface area contributed by atoms with Gasteiger partial charge in [0, 0.05) is 24.5 Å². The summed E-state index contributed by atoms with van der Waals surface area (Å²) in [6.45, 7) is 0.605. The van der Waals surface area contributed by atoms with E-state index in [1.165, 1.54) is 4.31 Å². The number of sulfonamides is 1. The molecule has 0 aromatic heterocycles. The number of benzene rings is 1. The first-order valence-corrected chi connectivity index (χ1v) is 8.35. The Morgan fingerprint density at radius 2 is 1.95 bits per heavy atom. The average molecular weight is 308 g/mol. The number of rotatable bonds is 2. The number of thioether (sulfide) groups is 1. The molecule has 0 spiro atoms. The predicted octanol–water partition coefficient (Wildman–Crippen LogP) is 1.67. The Morgan fingerprint density at radius 1 is 1.21 bits per heavy atom. The smallest absolute Gasteiger partial charge is 0.246 e. The van der Waals surface area contributed by atoms with Crippen molar-refractivity contribution in [1.29, 1.82) is 0 Å². The molecule has 8 heteroatoms. The van der Waals surface area contributed by atoms with Crippen molar-refractivity contribution in [3.05, 3.63) is 23.8 Å². The van der Waals surface area contributed by atoms with Crippen molar-refractivity contribution in [3.8, 4) is 0 Å². The lowest BCUT2D eigenvalue weighted by molar-refractivity contribution is 0.424. The highest BCUT2D eigenvalue weighted by Gasteiger charge is 2.29. The summed E-state index contributed by atoms with van der Waals surface area (Å²) in [4.78, 5) is -0.683. The Kier molecular flexibility index (Phi) is 4.32. The summed E-state index contributed by atoms with van der Waals surface area (Å²) in [6.07, 6.45) is 0.691. The molecule has 2 rings (SSSR count). The van der Waals surface area contributed by atoms with E-state index < -0.39 is 26.6 Å². The van der Waals surface area contributed by atoms with Crippen LogP contribution in [0.5, 0.6) is 0 Å². The van der Waals surface area contributed by atoms with Gasteiger partial charge in [-0.1, -0.05) is 0 Å². The zero-order valence-corrected chi connectivity index (χ0v) is 11.7. The Morgan fingerprint density at radius 3 is 2.68 bits per heavy atom. The molecular weight excluding hydrogens is 294 g/mol. The number of nitrogens with two attached hydrogens (primary N) is 1. The molecule has 1 saturated heterocycles. The maximum Gasteiger partial charge on any atom is 0.246 e. The summed E-state index contributed by atoms with van der Waals surface area (Å²) in [5.41, 5.74) is 5.28. The van der Waals surface area contributed by atoms with Gasteiger partial charge in [-0.05, 0) is 24.3 Å². The SMILES string of the molecule is Nc1cc(F)c(F)c(S(=O)(=O)N2CCCSCC2)c1. The molecule has 1 aromatic carbocycles. The minimum Gasteiger partial charge on any atom is -0.399 e. The fourth-order valence-corrected chi connectivity index (χ4v) is 4.46. The van der Waals surface area contributed by atoms with E-state index in [1.54, 1.807) is 11.8 Å². The van der Waals surface area contributed by atoms with Crippen LogP contribution in [0, 0.1) is 11.6 Å². The molecule has 0 saturated carbocycles. The van der Waals surface area contributed by atoms with Crippen molar-refractivity contribution < 1.29 is 17.2 Å². The lowest BCUT2D eigenvalue weighted by Gasteiger charge is -2.20. The average Bonchev–Trinajstić information content (AvgIpc) is 2.62. The second-order valence-electron chi connectivity index (χ2n) is 4.18. The van der Waals surface area contributed by atoms with Crippen LogP contribution in [-0.2, 0) is 10.0 Å². The minimum atomic E-state index is -4.04. The number of nitrogen functional groups attached to an aromatic ring is 1. The van der Waals surface area contributed by atoms with Gasteiger partial charge in [0.2, 0.25) is 10.0 Å². The van der Waals surface area contributed by atoms with Crippen LogP contribution in [-0.4, -0.2) is 37.3 Å². The molecule has 1 aromatic rings. The molecule has 106 valence electrons. The third-order valence-corrected chi connectivity index (χ3v) is 5.76. The fourth-order valence-electron chi connectivity index (χ4n) is 1.87. The Bertz CT molecular complexity index is 570. The van der Waals surface area contributed by atoms with Gasteiger partial charge in [-0.2, -0.15) is 16.1 Å². The van der Waals surface area contributed by atoms with E-state index in [2.05, 4.69) is 0 Å². The van der Waals surface area contributed by atoms with Gasteiger partial charge >= 0.3 is 0 Å². The van der Waals surface area contributed by atoms with Crippen molar-refractivity contribution in [3.63, 3.8) is 0 Å². The normalized spacial score (nSPS) is 18.2. The molecular formula is C11H14F2N2O2S2. The van der Waals surface area contributed by atoms with Gasteiger partial charge < -0.3 is 5.73 Å². The van der Waals surface area contributed by atoms with Gasteiger partial charge in [-0.15, -0.1) is 0 Å². The van der Waals surface area contributed by atoms with E-state index in [0.29, 0.717) is 25.3 Å². The minimum absolute atomic E-state index is 0.110. The molecule has 0 atom stereocenters. The predicted molar refractivity (Wildman–Crippen MR) is 71.5 cm³/mol. The topological polar surface area (TPSA) is 63.4 Å². The van der Waals surface area contributed by atoms with E-state index in [9.17, 15) is 17.2 Å². The molecule has 0 aliphatic carbocycles. The number of hydrogen-bond donors (Lipinski definition) is 1. The lowest BCUT2D eigenvalue weighted by Crippen LogP contribution is -2.33. The fraction of sp³-hybridized carbons (Fsp3) is 0.455. The molecule has 0 unspecified atom stereocenters. The van der Waals surface area contributed by atoms with Crippen LogP contribution in [0.25, 0.3) is 0 Å². The van der Waals surface area contributed by atoms with Crippen molar-refractivity contribution >= 4 is 27.5 Å². The van der Waals surface area contributed by atoms with Gasteiger partial charge in [-0.25, -0.2) is 17.2 Å². The van der Waals surface area contributed by atoms with Crippen molar-refractivity contribution in [2.45, 2.75) is 11.3 Å². The Hall–Kier alpha value is -0.860. The number of anilines is 1. The zero-order valence-electron chi connectivity index (χ0n) is 10.1. The second kappa shape index (κ2) is 5.64. The van der Waals surface area contributed by atoms with Crippen LogP contribution in [0.15, 0.2) is 17.0 Å². The highest BCUT2D eigenvalue weighted by Crippen LogP contribution is 2.25. The molecule has 1 heterocycles. The van der Waals surface area contributed by atoms with Crippen molar-refractivity contribution in [1.82, 2.24) is 4.31 Å². The van der Waals surface area contributed by atoms with Gasteiger partial charge in [0.05, 0.1) is 0 Å². The molecule has 0 amide bonds. The van der Waals surface area contributed by atoms with Crippen LogP contribution in [0.1, 0.15) is 6.42 Å². The van der Waals surface area contributed by atoms with Gasteiger partial charge in [0.15, 0.2) is 11.6 Å². The summed E-state index contributed by atoms with van der Waals surface area (Å²) in [5, 5.41) is 0. The second-order valence-corrected chi connectivity index (χ2v) is 7.32. The first-order chi connectivity index (χ1) is 8.93. The first-order valence-electron chi connectivity index (χ1n) is 5.75. The number of halogens is 2. The number of hydrogen-bond acceptors (Lipinski definition) is 4. The van der Waals surface area contributed by atoms with Gasteiger partial charge in [-0.3, -0.25) is 0 Å². The monoisotopic (exact) mass is 308 g/mol. The standard InChI is InChI=1S/C11H14F2N2O2S2/c12-9-6-8(14)7-10(11(9)13)19(16,17)15-2-1-4-18-5-3-15/h6-7H,1-5,14H2. The van der Waals surface area contributed by atoms with Crippen molar-refractivity contribution in [2.24, 2.45) is 0 Å². The third-order valence-electron chi connectivity index (χ3n) is 2.82. The molecule has 2 N–H and O–H groups in total. The van der Waals surface area contributed by atoms with E-state index in [1.807, 2.05) is 0 Å². The summed E-state index contributed by atoms with van der Waals surface area (Å²) in [5.74, 6) is -1.11. The van der Waals surface area contributed by atoms with Crippen LogP contribution < -0.4 is 5.73 Å². The number of nitrogens with zero attached hydrogens (tertiary/aromatic N) is 1. The lowest BCUT2D eigenvalue weighted by atomic mass is 10.3. The highest BCUT2D eigenvalue weighted by atomic mass is 32.2. The maximum absolute atomic E-state index is 13.7. The van der Waals surface area contributed by atoms with E-state index in [0.717, 1.165) is 17.9 Å². The van der Waals surface area contributed by atoms with Crippen molar-refractivity contribution in [2.75, 3.05) is 30.3 Å². The molecule has 1 aliphatic rings. The van der Waals surface area contributed by atoms with Crippen LogP contribution in [0.3, 0.4) is 0 Å². The Labute approximate surface area is 115 Å². The van der Waals surface area contributed by atoms with E-state index >= 15 is 0 Å². The molecule has 1 fully saturated rings. The van der Waals surface area contributed by atoms with Crippen LogP contribution in [0.2, 0.25) is 0 Å². The summed E-state index contributed by atoms with van der Waals surface area (Å²) in [6, 6.07) is 1.73. The zero-order chi connectivity index (χ0) is 14.0. The molecule has 0 radical (unpaired) electrons. The third kappa shape index (κ3) is 3.01. The maximum atomic E-state index is 13.7. The van der Waals surface area contributed by atoms with Crippen LogP contribution in [0.4, 0.5) is 14.5 Å². The molecule has 1 aliphatic heterocycles. The molecule has 4 nitrogen and oxygen atoms in total. The molecule has 0 bridgehead atoms. The summed E-state index contributed by atoms with van der Waals surface area (Å²) in [7, 11) is -4.04. The first kappa shape index (κ1) is 14.5. The van der Waals surface area contributed by atoms with Crippen LogP contribution >= 0.6 is 11.8 Å².